The molecule has 2 nitrogen and oxygen atoms in total. The van der Waals surface area contributed by atoms with Gasteiger partial charge >= 0.3 is 0 Å². The van der Waals surface area contributed by atoms with Crippen LogP contribution in [-0.2, 0) is 0 Å². The molecule has 0 radical (unpaired) electrons. The predicted molar refractivity (Wildman–Crippen MR) is 102 cm³/mol. The Morgan fingerprint density at radius 2 is 1.42 bits per heavy atom. The van der Waals surface area contributed by atoms with E-state index in [2.05, 4.69) is 5.32 Å². The Kier molecular flexibility index (Phi) is 3.51. The van der Waals surface area contributed by atoms with Crippen LogP contribution in [0.4, 0.5) is 5.69 Å². The quantitative estimate of drug-likeness (QED) is 0.540. The van der Waals surface area contributed by atoms with E-state index in [1.165, 1.54) is 0 Å². The average Bonchev–Trinajstić information content (AvgIpc) is 2.65. The van der Waals surface area contributed by atoms with Crippen LogP contribution in [0.1, 0.15) is 27.0 Å². The minimum Gasteiger partial charge on any atom is -0.388 e. The smallest absolute Gasteiger partial charge is 0.196 e. The van der Waals surface area contributed by atoms with E-state index in [9.17, 15) is 4.79 Å². The van der Waals surface area contributed by atoms with Crippen LogP contribution in [0.15, 0.2) is 66.7 Å². The highest BCUT2D eigenvalue weighted by Gasteiger charge is 2.31. The lowest BCUT2D eigenvalue weighted by atomic mass is 9.80. The van der Waals surface area contributed by atoms with Crippen molar-refractivity contribution in [2.24, 2.45) is 0 Å². The maximum atomic E-state index is 13.1. The van der Waals surface area contributed by atoms with E-state index in [1.54, 1.807) is 0 Å². The predicted octanol–water partition coefficient (Wildman–Crippen LogP) is 4.71. The Bertz CT molecular complexity index is 976. The molecule has 0 fully saturated rings. The molecule has 0 saturated carbocycles. The van der Waals surface area contributed by atoms with Crippen LogP contribution in [0.2, 0.25) is 0 Å². The summed E-state index contributed by atoms with van der Waals surface area (Å²) in [7, 11) is 1.83. The van der Waals surface area contributed by atoms with E-state index in [4.69, 9.17) is 12.2 Å². The number of carbonyl (C=O) groups excluding carboxylic acids is 1. The van der Waals surface area contributed by atoms with Gasteiger partial charge < -0.3 is 5.32 Å². The van der Waals surface area contributed by atoms with Gasteiger partial charge in [-0.25, -0.2) is 0 Å². The summed E-state index contributed by atoms with van der Waals surface area (Å²) >= 11 is 5.78. The molecule has 3 aromatic rings. The standard InChI is InChI=1S/C21H15NOS/c1-22-17-12-11-14(13-7-3-2-4-8-13)18-19(17)20(23)15-9-5-6-10-16(15)21(18)24/h2-12,22H,1H3. The Morgan fingerprint density at radius 3 is 2.12 bits per heavy atom. The minimum absolute atomic E-state index is 0.0244. The molecule has 1 N–H and O–H groups in total. The fourth-order valence-electron chi connectivity index (χ4n) is 3.29. The highest BCUT2D eigenvalue weighted by molar-refractivity contribution is 7.81. The van der Waals surface area contributed by atoms with E-state index in [-0.39, 0.29) is 5.78 Å². The first-order chi connectivity index (χ1) is 11.7. The minimum atomic E-state index is 0.0244. The number of carbonyl (C=O) groups is 1. The zero-order chi connectivity index (χ0) is 16.7. The van der Waals surface area contributed by atoms with Crippen LogP contribution < -0.4 is 5.32 Å². The van der Waals surface area contributed by atoms with Crippen molar-refractivity contribution in [1.29, 1.82) is 0 Å². The first kappa shape index (κ1) is 14.8. The van der Waals surface area contributed by atoms with Gasteiger partial charge in [0, 0.05) is 29.4 Å². The van der Waals surface area contributed by atoms with Gasteiger partial charge in [0.25, 0.3) is 0 Å². The molecule has 4 rings (SSSR count). The van der Waals surface area contributed by atoms with Crippen LogP contribution >= 0.6 is 12.2 Å². The van der Waals surface area contributed by atoms with Crippen LogP contribution in [0.3, 0.4) is 0 Å². The second kappa shape index (κ2) is 5.69. The van der Waals surface area contributed by atoms with Crippen molar-refractivity contribution in [3.05, 3.63) is 89.0 Å². The van der Waals surface area contributed by atoms with Gasteiger partial charge in [0.05, 0.1) is 10.4 Å². The molecule has 0 spiro atoms. The highest BCUT2D eigenvalue weighted by atomic mass is 32.1. The molecular formula is C21H15NOS. The lowest BCUT2D eigenvalue weighted by Gasteiger charge is -2.24. The van der Waals surface area contributed by atoms with Gasteiger partial charge in [0.15, 0.2) is 5.78 Å². The number of hydrogen-bond acceptors (Lipinski definition) is 3. The summed E-state index contributed by atoms with van der Waals surface area (Å²) in [5.41, 5.74) is 5.91. The fourth-order valence-corrected chi connectivity index (χ4v) is 3.68. The van der Waals surface area contributed by atoms with Crippen molar-refractivity contribution >= 4 is 28.6 Å². The molecule has 0 amide bonds. The molecule has 0 aromatic heterocycles. The lowest BCUT2D eigenvalue weighted by molar-refractivity contribution is 0.103. The lowest BCUT2D eigenvalue weighted by Crippen LogP contribution is -2.22. The van der Waals surface area contributed by atoms with Gasteiger partial charge in [-0.3, -0.25) is 4.79 Å². The molecule has 3 heteroatoms. The summed E-state index contributed by atoms with van der Waals surface area (Å²) in [6.45, 7) is 0. The third kappa shape index (κ3) is 2.09. The summed E-state index contributed by atoms with van der Waals surface area (Å²) in [6, 6.07) is 21.6. The zero-order valence-corrected chi connectivity index (χ0v) is 14.0. The number of nitrogens with one attached hydrogen (secondary N) is 1. The van der Waals surface area contributed by atoms with Crippen LogP contribution in [0, 0.1) is 0 Å². The highest BCUT2D eigenvalue weighted by Crippen LogP contribution is 2.38. The summed E-state index contributed by atoms with van der Waals surface area (Å²) in [5.74, 6) is 0.0244. The van der Waals surface area contributed by atoms with Gasteiger partial charge in [-0.15, -0.1) is 0 Å². The fraction of sp³-hybridized carbons (Fsp3) is 0.0476. The van der Waals surface area contributed by atoms with Gasteiger partial charge in [-0.2, -0.15) is 0 Å². The first-order valence-corrected chi connectivity index (χ1v) is 8.22. The van der Waals surface area contributed by atoms with Crippen molar-refractivity contribution < 1.29 is 4.79 Å². The van der Waals surface area contributed by atoms with Crippen molar-refractivity contribution in [3.63, 3.8) is 0 Å². The van der Waals surface area contributed by atoms with Crippen molar-refractivity contribution in [2.45, 2.75) is 0 Å². The largest absolute Gasteiger partial charge is 0.388 e. The number of ketones is 1. The number of thiocarbonyl (C=S) groups is 1. The number of benzene rings is 3. The number of hydrogen-bond donors (Lipinski definition) is 1. The number of fused-ring (bicyclic) bond motifs is 2. The van der Waals surface area contributed by atoms with Crippen LogP contribution in [-0.4, -0.2) is 17.7 Å². The summed E-state index contributed by atoms with van der Waals surface area (Å²) < 4.78 is 0. The normalized spacial score (nSPS) is 12.5. The summed E-state index contributed by atoms with van der Waals surface area (Å²) in [6.07, 6.45) is 0. The van der Waals surface area contributed by atoms with Gasteiger partial charge in [-0.05, 0) is 17.2 Å². The molecule has 24 heavy (non-hydrogen) atoms. The van der Waals surface area contributed by atoms with Crippen molar-refractivity contribution in [3.8, 4) is 11.1 Å². The third-order valence-corrected chi connectivity index (χ3v) is 4.85. The van der Waals surface area contributed by atoms with E-state index in [0.29, 0.717) is 11.1 Å². The molecule has 0 aliphatic heterocycles. The molecule has 1 aliphatic carbocycles. The van der Waals surface area contributed by atoms with Crippen molar-refractivity contribution in [1.82, 2.24) is 0 Å². The summed E-state index contributed by atoms with van der Waals surface area (Å²) in [4.78, 5) is 13.8. The average molecular weight is 329 g/mol. The SMILES string of the molecule is CNc1ccc(-c2ccccc2)c2c1C(=O)c1ccccc1C2=S. The Morgan fingerprint density at radius 1 is 0.750 bits per heavy atom. The van der Waals surface area contributed by atoms with Gasteiger partial charge in [-0.1, -0.05) is 72.9 Å². The first-order valence-electron chi connectivity index (χ1n) is 7.81. The zero-order valence-electron chi connectivity index (χ0n) is 13.2. The molecule has 0 saturated heterocycles. The molecule has 0 atom stereocenters. The van der Waals surface area contributed by atoms with E-state index in [0.717, 1.165) is 32.8 Å². The monoisotopic (exact) mass is 329 g/mol. The van der Waals surface area contributed by atoms with Crippen LogP contribution in [0.25, 0.3) is 11.1 Å². The van der Waals surface area contributed by atoms with Gasteiger partial charge in [0.2, 0.25) is 0 Å². The second-order valence-corrected chi connectivity index (χ2v) is 6.14. The van der Waals surface area contributed by atoms with Crippen LogP contribution in [0.5, 0.6) is 0 Å². The molecule has 0 bridgehead atoms. The molecule has 0 unspecified atom stereocenters. The molecule has 1 aliphatic rings. The van der Waals surface area contributed by atoms with E-state index >= 15 is 0 Å². The number of anilines is 1. The molecule has 116 valence electrons. The third-order valence-electron chi connectivity index (χ3n) is 4.43. The van der Waals surface area contributed by atoms with E-state index < -0.39 is 0 Å². The van der Waals surface area contributed by atoms with Crippen molar-refractivity contribution in [2.75, 3.05) is 12.4 Å². The molecule has 0 heterocycles. The topological polar surface area (TPSA) is 29.1 Å². The Balaban J connectivity index is 2.07. The molecule has 3 aromatic carbocycles. The Hall–Kier alpha value is -2.78. The summed E-state index contributed by atoms with van der Waals surface area (Å²) in [5, 5.41) is 3.14. The Labute approximate surface area is 146 Å². The van der Waals surface area contributed by atoms with Gasteiger partial charge in [0.1, 0.15) is 0 Å². The maximum absolute atomic E-state index is 13.1. The maximum Gasteiger partial charge on any atom is 0.196 e. The second-order valence-electron chi connectivity index (χ2n) is 5.73. The van der Waals surface area contributed by atoms with E-state index in [1.807, 2.05) is 73.8 Å². The molecular weight excluding hydrogens is 314 g/mol. The number of rotatable bonds is 2.